The van der Waals surface area contributed by atoms with Crippen LogP contribution < -0.4 is 11.3 Å². The van der Waals surface area contributed by atoms with Crippen LogP contribution in [-0.2, 0) is 4.74 Å². The molecule has 1 aliphatic rings. The van der Waals surface area contributed by atoms with E-state index >= 15 is 0 Å². The third-order valence-corrected chi connectivity index (χ3v) is 3.25. The largest absolute Gasteiger partial charge is 0.384 e. The Balaban J connectivity index is 2.19. The first kappa shape index (κ1) is 13.0. The maximum Gasteiger partial charge on any atom is 0.281 e. The van der Waals surface area contributed by atoms with E-state index in [2.05, 4.69) is 15.0 Å². The summed E-state index contributed by atoms with van der Waals surface area (Å²) in [5, 5.41) is 19.3. The predicted molar refractivity (Wildman–Crippen MR) is 64.2 cm³/mol. The van der Waals surface area contributed by atoms with Crippen LogP contribution in [-0.4, -0.2) is 47.8 Å². The van der Waals surface area contributed by atoms with Gasteiger partial charge < -0.3 is 20.7 Å². The molecule has 1 saturated heterocycles. The monoisotopic (exact) mass is 285 g/mol. The average Bonchev–Trinajstić information content (AvgIpc) is 2.85. The fourth-order valence-electron chi connectivity index (χ4n) is 2.22. The zero-order valence-corrected chi connectivity index (χ0v) is 10.3. The number of nitrogens with zero attached hydrogens (tertiary/aromatic N) is 3. The average molecular weight is 285 g/mol. The minimum atomic E-state index is -3.04. The molecule has 5 N–H and O–H groups in total. The maximum absolute atomic E-state index is 14.2. The number of nitrogens with one attached hydrogen (secondary N) is 1. The van der Waals surface area contributed by atoms with Crippen LogP contribution in [0.2, 0.25) is 0 Å². The topological polar surface area (TPSA) is 139 Å². The second kappa shape index (κ2) is 3.98. The van der Waals surface area contributed by atoms with Crippen LogP contribution >= 0.6 is 0 Å². The summed E-state index contributed by atoms with van der Waals surface area (Å²) >= 11 is 0. The number of alkyl halides is 1. The van der Waals surface area contributed by atoms with E-state index in [1.165, 1.54) is 6.92 Å². The summed E-state index contributed by atoms with van der Waals surface area (Å²) < 4.78 is 20.4. The molecule has 2 aromatic rings. The van der Waals surface area contributed by atoms with Gasteiger partial charge in [0, 0.05) is 0 Å². The van der Waals surface area contributed by atoms with Gasteiger partial charge in [-0.15, -0.1) is 0 Å². The zero-order valence-electron chi connectivity index (χ0n) is 10.3. The Morgan fingerprint density at radius 2 is 2.35 bits per heavy atom. The molecule has 0 bridgehead atoms. The SMILES string of the molecule is C[C@H]1O[C@@H](n2cnc3c(=O)[nH]c(N)nc32)[C@@](O)(F)[C@@H]1O. The van der Waals surface area contributed by atoms with Gasteiger partial charge in [0.25, 0.3) is 11.4 Å². The van der Waals surface area contributed by atoms with Crippen molar-refractivity contribution >= 4 is 17.1 Å². The normalized spacial score (nSPS) is 33.9. The van der Waals surface area contributed by atoms with Gasteiger partial charge in [0.1, 0.15) is 6.10 Å². The molecule has 9 nitrogen and oxygen atoms in total. The van der Waals surface area contributed by atoms with Crippen LogP contribution in [0.25, 0.3) is 11.2 Å². The van der Waals surface area contributed by atoms with E-state index in [0.717, 1.165) is 10.9 Å². The zero-order chi connectivity index (χ0) is 14.7. The summed E-state index contributed by atoms with van der Waals surface area (Å²) in [6.45, 7) is 1.41. The number of nitrogens with two attached hydrogens (primary N) is 1. The summed E-state index contributed by atoms with van der Waals surface area (Å²) in [5.74, 6) is -3.22. The number of nitrogen functional groups attached to an aromatic ring is 1. The number of anilines is 1. The molecule has 0 radical (unpaired) electrons. The van der Waals surface area contributed by atoms with Gasteiger partial charge in [-0.2, -0.15) is 4.98 Å². The first-order valence-electron chi connectivity index (χ1n) is 5.79. The summed E-state index contributed by atoms with van der Waals surface area (Å²) in [4.78, 5) is 21.5. The van der Waals surface area contributed by atoms with E-state index in [0.29, 0.717) is 0 Å². The number of fused-ring (bicyclic) bond motifs is 1. The molecule has 1 fully saturated rings. The Bertz CT molecular complexity index is 726. The number of ether oxygens (including phenoxy) is 1. The van der Waals surface area contributed by atoms with Gasteiger partial charge >= 0.3 is 0 Å². The highest BCUT2D eigenvalue weighted by Crippen LogP contribution is 2.40. The van der Waals surface area contributed by atoms with Crippen molar-refractivity contribution in [3.05, 3.63) is 16.7 Å². The number of rotatable bonds is 1. The first-order valence-corrected chi connectivity index (χ1v) is 5.79. The van der Waals surface area contributed by atoms with E-state index in [4.69, 9.17) is 10.5 Å². The smallest absolute Gasteiger partial charge is 0.281 e. The van der Waals surface area contributed by atoms with E-state index in [1.54, 1.807) is 0 Å². The minimum absolute atomic E-state index is 0.0476. The lowest BCUT2D eigenvalue weighted by molar-refractivity contribution is -0.195. The second-order valence-electron chi connectivity index (χ2n) is 4.64. The fourth-order valence-corrected chi connectivity index (χ4v) is 2.22. The molecule has 20 heavy (non-hydrogen) atoms. The van der Waals surface area contributed by atoms with Crippen LogP contribution in [0.4, 0.5) is 10.3 Å². The molecule has 3 heterocycles. The van der Waals surface area contributed by atoms with Crippen molar-refractivity contribution in [1.82, 2.24) is 19.5 Å². The molecule has 0 saturated carbocycles. The van der Waals surface area contributed by atoms with Gasteiger partial charge in [0.15, 0.2) is 17.4 Å². The van der Waals surface area contributed by atoms with E-state index < -0.39 is 29.8 Å². The molecule has 0 aromatic carbocycles. The Labute approximate surface area is 110 Å². The highest BCUT2D eigenvalue weighted by atomic mass is 19.2. The van der Waals surface area contributed by atoms with Crippen molar-refractivity contribution in [2.24, 2.45) is 0 Å². The number of imidazole rings is 1. The maximum atomic E-state index is 14.2. The quantitative estimate of drug-likeness (QED) is 0.507. The molecule has 108 valence electrons. The van der Waals surface area contributed by atoms with Gasteiger partial charge in [-0.3, -0.25) is 14.3 Å². The van der Waals surface area contributed by atoms with Gasteiger partial charge in [-0.25, -0.2) is 9.37 Å². The fraction of sp³-hybridized carbons (Fsp3) is 0.500. The third-order valence-electron chi connectivity index (χ3n) is 3.25. The Hall–Kier alpha value is -2.04. The predicted octanol–water partition coefficient (Wildman–Crippen LogP) is -1.36. The Kier molecular flexibility index (Phi) is 2.58. The number of aliphatic hydroxyl groups excluding tert-OH is 1. The molecule has 2 aromatic heterocycles. The number of hydrogen-bond donors (Lipinski definition) is 4. The molecule has 0 aliphatic carbocycles. The van der Waals surface area contributed by atoms with E-state index in [1.807, 2.05) is 0 Å². The number of aromatic amines is 1. The molecule has 0 unspecified atom stereocenters. The molecule has 0 amide bonds. The highest BCUT2D eigenvalue weighted by molar-refractivity contribution is 5.70. The number of H-pyrrole nitrogens is 1. The van der Waals surface area contributed by atoms with Crippen molar-refractivity contribution in [3.63, 3.8) is 0 Å². The molecular formula is C10H12FN5O4. The van der Waals surface area contributed by atoms with Crippen molar-refractivity contribution in [2.45, 2.75) is 31.2 Å². The van der Waals surface area contributed by atoms with Gasteiger partial charge in [0.2, 0.25) is 5.95 Å². The van der Waals surface area contributed by atoms with Crippen LogP contribution in [0.3, 0.4) is 0 Å². The molecule has 1 aliphatic heterocycles. The van der Waals surface area contributed by atoms with Gasteiger partial charge in [-0.1, -0.05) is 0 Å². The van der Waals surface area contributed by atoms with Crippen molar-refractivity contribution in [1.29, 1.82) is 0 Å². The molecule has 10 heteroatoms. The van der Waals surface area contributed by atoms with E-state index in [-0.39, 0.29) is 17.1 Å². The summed E-state index contributed by atoms with van der Waals surface area (Å²) in [7, 11) is 0. The lowest BCUT2D eigenvalue weighted by Gasteiger charge is -2.22. The molecule has 3 rings (SSSR count). The van der Waals surface area contributed by atoms with Crippen molar-refractivity contribution < 1.29 is 19.3 Å². The summed E-state index contributed by atoms with van der Waals surface area (Å²) in [5.41, 5.74) is 4.70. The third kappa shape index (κ3) is 1.62. The lowest BCUT2D eigenvalue weighted by Crippen LogP contribution is -2.41. The summed E-state index contributed by atoms with van der Waals surface area (Å²) in [6, 6.07) is 0. The number of halogens is 1. The number of aromatic nitrogens is 4. The highest BCUT2D eigenvalue weighted by Gasteiger charge is 2.56. The Morgan fingerprint density at radius 1 is 1.65 bits per heavy atom. The summed E-state index contributed by atoms with van der Waals surface area (Å²) in [6.07, 6.45) is -3.16. The van der Waals surface area contributed by atoms with E-state index in [9.17, 15) is 19.4 Å². The van der Waals surface area contributed by atoms with Crippen LogP contribution in [0.1, 0.15) is 13.2 Å². The van der Waals surface area contributed by atoms with Gasteiger partial charge in [-0.05, 0) is 6.92 Å². The molecular weight excluding hydrogens is 273 g/mol. The lowest BCUT2D eigenvalue weighted by atomic mass is 10.1. The van der Waals surface area contributed by atoms with Crippen LogP contribution in [0.15, 0.2) is 11.1 Å². The Morgan fingerprint density at radius 3 is 2.95 bits per heavy atom. The molecule has 4 atom stereocenters. The van der Waals surface area contributed by atoms with Gasteiger partial charge in [0.05, 0.1) is 12.4 Å². The standard InChI is InChI=1S/C10H12FN5O4/c1-3-5(17)10(11,19)8(20-3)16-2-13-4-6(16)14-9(12)15-7(4)18/h2-3,5,8,17,19H,1H3,(H3,12,14,15,18)/t3-,5-,8-,10-/m1/s1. The minimum Gasteiger partial charge on any atom is -0.384 e. The second-order valence-corrected chi connectivity index (χ2v) is 4.64. The van der Waals surface area contributed by atoms with Crippen molar-refractivity contribution in [3.8, 4) is 0 Å². The first-order chi connectivity index (χ1) is 9.32. The molecule has 0 spiro atoms. The van der Waals surface area contributed by atoms with Crippen LogP contribution in [0.5, 0.6) is 0 Å². The van der Waals surface area contributed by atoms with Crippen molar-refractivity contribution in [2.75, 3.05) is 5.73 Å². The van der Waals surface area contributed by atoms with Crippen LogP contribution in [0, 0.1) is 0 Å². The number of hydrogen-bond acceptors (Lipinski definition) is 7. The number of aliphatic hydroxyl groups is 2.